The second-order valence-corrected chi connectivity index (χ2v) is 5.01. The Morgan fingerprint density at radius 1 is 0.400 bits per heavy atom. The van der Waals surface area contributed by atoms with Crippen LogP contribution in [0, 0.1) is 46.5 Å². The summed E-state index contributed by atoms with van der Waals surface area (Å²) in [4.78, 5) is 0. The van der Waals surface area contributed by atoms with Crippen LogP contribution in [0.4, 0.5) is 35.1 Å². The van der Waals surface area contributed by atoms with Crippen molar-refractivity contribution in [1.82, 2.24) is 0 Å². The number of hydrogen-bond donors (Lipinski definition) is 2. The summed E-state index contributed by atoms with van der Waals surface area (Å²) in [5.74, 6) is -15.3. The Morgan fingerprint density at radius 3 is 0.800 bits per heavy atom. The topological polar surface area (TPSA) is 52.0 Å². The smallest absolute Gasteiger partial charge is 0.166 e. The summed E-state index contributed by atoms with van der Waals surface area (Å²) >= 11 is 0. The van der Waals surface area contributed by atoms with Crippen LogP contribution in [0.25, 0.3) is 0 Å². The lowest BCUT2D eigenvalue weighted by Gasteiger charge is -2.14. The van der Waals surface area contributed by atoms with Gasteiger partial charge in [-0.25, -0.2) is 35.1 Å². The van der Waals surface area contributed by atoms with E-state index in [0.29, 0.717) is 0 Å². The third-order valence-electron chi connectivity index (χ3n) is 3.65. The molecule has 2 aromatic carbocycles. The molecule has 0 fully saturated rings. The molecule has 0 saturated carbocycles. The Morgan fingerprint density at radius 2 is 0.600 bits per heavy atom. The number of rotatable bonds is 4. The number of hydrogen-bond acceptors (Lipinski definition) is 2. The third kappa shape index (κ3) is 2.95. The quantitative estimate of drug-likeness (QED) is 0.641. The van der Waals surface area contributed by atoms with Crippen LogP contribution in [0.15, 0.2) is 0 Å². The summed E-state index contributed by atoms with van der Waals surface area (Å²) in [5.41, 5.74) is 4.82. The first-order chi connectivity index (χ1) is 11.7. The van der Waals surface area contributed by atoms with E-state index in [4.69, 9.17) is 11.5 Å². The van der Waals surface area contributed by atoms with Gasteiger partial charge in [0.1, 0.15) is 0 Å². The molecular formula is C15H10F8N2. The predicted octanol–water partition coefficient (Wildman–Crippen LogP) is 3.31. The van der Waals surface area contributed by atoms with Crippen molar-refractivity contribution >= 4 is 0 Å². The van der Waals surface area contributed by atoms with Crippen LogP contribution in [0.1, 0.15) is 22.3 Å². The van der Waals surface area contributed by atoms with E-state index in [2.05, 4.69) is 0 Å². The van der Waals surface area contributed by atoms with Crippen LogP contribution in [0.5, 0.6) is 0 Å². The Bertz CT molecular complexity index is 723. The molecular weight excluding hydrogens is 360 g/mol. The lowest BCUT2D eigenvalue weighted by Crippen LogP contribution is -2.15. The fraction of sp³-hybridized carbons (Fsp3) is 0.200. The molecule has 0 aliphatic rings. The zero-order chi connectivity index (χ0) is 19.0. The number of nitrogens with two attached hydrogens (primary N) is 2. The maximum atomic E-state index is 13.9. The summed E-state index contributed by atoms with van der Waals surface area (Å²) in [6, 6.07) is 0. The first-order valence-electron chi connectivity index (χ1n) is 6.74. The Labute approximate surface area is 136 Å². The van der Waals surface area contributed by atoms with Gasteiger partial charge in [0.15, 0.2) is 46.5 Å². The van der Waals surface area contributed by atoms with Crippen molar-refractivity contribution in [3.63, 3.8) is 0 Å². The van der Waals surface area contributed by atoms with Gasteiger partial charge in [-0.3, -0.25) is 0 Å². The van der Waals surface area contributed by atoms with Crippen LogP contribution < -0.4 is 11.5 Å². The highest BCUT2D eigenvalue weighted by Crippen LogP contribution is 2.30. The summed E-state index contributed by atoms with van der Waals surface area (Å²) in [5, 5.41) is 0. The van der Waals surface area contributed by atoms with Crippen LogP contribution in [-0.4, -0.2) is 0 Å². The highest BCUT2D eigenvalue weighted by atomic mass is 19.2. The molecule has 0 unspecified atom stereocenters. The van der Waals surface area contributed by atoms with Gasteiger partial charge in [0, 0.05) is 41.8 Å². The molecule has 0 saturated heterocycles. The van der Waals surface area contributed by atoms with E-state index in [1.165, 1.54) is 0 Å². The molecule has 136 valence electrons. The highest BCUT2D eigenvalue weighted by molar-refractivity contribution is 5.37. The van der Waals surface area contributed by atoms with Crippen LogP contribution >= 0.6 is 0 Å². The molecule has 10 heteroatoms. The van der Waals surface area contributed by atoms with Crippen molar-refractivity contribution in [3.05, 3.63) is 68.8 Å². The number of benzene rings is 2. The van der Waals surface area contributed by atoms with Crippen LogP contribution in [-0.2, 0) is 19.5 Å². The minimum Gasteiger partial charge on any atom is -0.326 e. The van der Waals surface area contributed by atoms with Crippen LogP contribution in [0.2, 0.25) is 0 Å². The standard InChI is InChI=1S/C15H10F8N2/c16-8-4(9(17)13(21)6(2-24)12(8)20)1-5-10(18)14(22)7(3-25)15(23)11(5)19/h1-3,24-25H2. The second-order valence-electron chi connectivity index (χ2n) is 5.01. The molecule has 0 heterocycles. The van der Waals surface area contributed by atoms with Crippen molar-refractivity contribution in [2.45, 2.75) is 19.5 Å². The summed E-state index contributed by atoms with van der Waals surface area (Å²) in [6.07, 6.45) is -1.48. The first kappa shape index (κ1) is 19.1. The minimum atomic E-state index is -1.97. The summed E-state index contributed by atoms with van der Waals surface area (Å²) in [6.45, 7) is -1.77. The largest absolute Gasteiger partial charge is 0.326 e. The Balaban J connectivity index is 2.70. The molecule has 0 aromatic heterocycles. The van der Waals surface area contributed by atoms with E-state index >= 15 is 0 Å². The first-order valence-corrected chi connectivity index (χ1v) is 6.74. The van der Waals surface area contributed by atoms with Gasteiger partial charge in [0.05, 0.1) is 0 Å². The zero-order valence-electron chi connectivity index (χ0n) is 12.3. The van der Waals surface area contributed by atoms with E-state index < -0.39 is 88.3 Å². The van der Waals surface area contributed by atoms with Crippen LogP contribution in [0.3, 0.4) is 0 Å². The Hall–Kier alpha value is -2.20. The maximum Gasteiger partial charge on any atom is 0.166 e. The molecule has 2 aromatic rings. The van der Waals surface area contributed by atoms with E-state index in [0.717, 1.165) is 0 Å². The molecule has 0 amide bonds. The fourth-order valence-electron chi connectivity index (χ4n) is 2.29. The molecule has 0 radical (unpaired) electrons. The molecule has 0 aliphatic carbocycles. The third-order valence-corrected chi connectivity index (χ3v) is 3.65. The van der Waals surface area contributed by atoms with Crippen molar-refractivity contribution in [2.75, 3.05) is 0 Å². The van der Waals surface area contributed by atoms with Gasteiger partial charge in [-0.2, -0.15) is 0 Å². The van der Waals surface area contributed by atoms with E-state index in [1.807, 2.05) is 0 Å². The van der Waals surface area contributed by atoms with Crippen molar-refractivity contribution < 1.29 is 35.1 Å². The molecule has 0 bridgehead atoms. The maximum absolute atomic E-state index is 13.9. The second kappa shape index (κ2) is 6.96. The monoisotopic (exact) mass is 370 g/mol. The van der Waals surface area contributed by atoms with Gasteiger partial charge in [-0.1, -0.05) is 0 Å². The summed E-state index contributed by atoms with van der Waals surface area (Å²) < 4.78 is 110. The lowest BCUT2D eigenvalue weighted by molar-refractivity contribution is 0.414. The molecule has 25 heavy (non-hydrogen) atoms. The van der Waals surface area contributed by atoms with Gasteiger partial charge < -0.3 is 11.5 Å². The van der Waals surface area contributed by atoms with E-state index in [9.17, 15) is 35.1 Å². The fourth-order valence-corrected chi connectivity index (χ4v) is 2.29. The van der Waals surface area contributed by atoms with Gasteiger partial charge in [0.25, 0.3) is 0 Å². The van der Waals surface area contributed by atoms with Gasteiger partial charge >= 0.3 is 0 Å². The van der Waals surface area contributed by atoms with Gasteiger partial charge in [-0.05, 0) is 0 Å². The zero-order valence-corrected chi connectivity index (χ0v) is 12.3. The molecule has 0 spiro atoms. The minimum absolute atomic E-state index is 0.886. The summed E-state index contributed by atoms with van der Waals surface area (Å²) in [7, 11) is 0. The normalized spacial score (nSPS) is 11.3. The van der Waals surface area contributed by atoms with Crippen molar-refractivity contribution in [1.29, 1.82) is 0 Å². The van der Waals surface area contributed by atoms with E-state index in [-0.39, 0.29) is 0 Å². The predicted molar refractivity (Wildman–Crippen MR) is 71.1 cm³/mol. The average Bonchev–Trinajstić information content (AvgIpc) is 2.59. The SMILES string of the molecule is NCc1c(F)c(F)c(Cc2c(F)c(F)c(CN)c(F)c2F)c(F)c1F. The molecule has 2 rings (SSSR count). The number of halogens is 8. The molecule has 0 aliphatic heterocycles. The molecule has 4 N–H and O–H groups in total. The van der Waals surface area contributed by atoms with Gasteiger partial charge in [0.2, 0.25) is 0 Å². The molecule has 0 atom stereocenters. The van der Waals surface area contributed by atoms with Gasteiger partial charge in [-0.15, -0.1) is 0 Å². The van der Waals surface area contributed by atoms with Crippen molar-refractivity contribution in [3.8, 4) is 0 Å². The molecule has 2 nitrogen and oxygen atoms in total. The lowest BCUT2D eigenvalue weighted by atomic mass is 9.98. The Kier molecular flexibility index (Phi) is 5.33. The highest BCUT2D eigenvalue weighted by Gasteiger charge is 2.29. The van der Waals surface area contributed by atoms with Crippen molar-refractivity contribution in [2.24, 2.45) is 11.5 Å². The van der Waals surface area contributed by atoms with E-state index in [1.54, 1.807) is 0 Å². The average molecular weight is 370 g/mol.